The van der Waals surface area contributed by atoms with Crippen LogP contribution in [0.1, 0.15) is 0 Å². The van der Waals surface area contributed by atoms with Gasteiger partial charge in [0.15, 0.2) is 0 Å². The Kier molecular flexibility index (Phi) is 17.3. The number of hydrogen-bond acceptors (Lipinski definition) is 18. The van der Waals surface area contributed by atoms with Crippen LogP contribution in [0.25, 0.3) is 0 Å². The molecule has 0 saturated heterocycles. The van der Waals surface area contributed by atoms with E-state index < -0.39 is 32.2 Å². The van der Waals surface area contributed by atoms with Crippen molar-refractivity contribution in [2.45, 2.75) is 0 Å². The van der Waals surface area contributed by atoms with E-state index in [0.717, 1.165) is 89.4 Å². The van der Waals surface area contributed by atoms with Crippen LogP contribution in [0.15, 0.2) is 0 Å². The van der Waals surface area contributed by atoms with Crippen LogP contribution in [0.2, 0.25) is 0 Å². The molecular formula is C18Cu3Fe4N18. The molecule has 25 heteroatoms. The van der Waals surface area contributed by atoms with Gasteiger partial charge in [0.1, 0.15) is 0 Å². The zero-order chi connectivity index (χ0) is 32.0. The molecule has 0 aliphatic carbocycles. The van der Waals surface area contributed by atoms with Gasteiger partial charge < -0.3 is 0 Å². The maximum absolute atomic E-state index is 8.58. The summed E-state index contributed by atoms with van der Waals surface area (Å²) < 4.78 is 0. The molecule has 0 heterocycles. The summed E-state index contributed by atoms with van der Waals surface area (Å²) in [5.41, 5.74) is 0. The largest absolute Gasteiger partial charge is 3.00 e. The molecule has 18 nitrogen and oxygen atoms in total. The van der Waals surface area contributed by atoms with E-state index in [1.54, 1.807) is 0 Å². The fraction of sp³-hybridized carbons (Fsp3) is 0. The number of hydrogen-bond donors (Lipinski definition) is 0. The molecule has 43 heavy (non-hydrogen) atoms. The van der Waals surface area contributed by atoms with Gasteiger partial charge in [-0.05, 0) is 0 Å². The maximum Gasteiger partial charge on any atom is 3.00 e. The van der Waals surface area contributed by atoms with Crippen molar-refractivity contribution in [3.05, 3.63) is 0 Å². The third-order valence-electron chi connectivity index (χ3n) is 3.56. The second kappa shape index (κ2) is 13.9. The van der Waals surface area contributed by atoms with E-state index in [1.807, 2.05) is 0 Å². The average Bonchev–Trinajstić information content (AvgIpc) is 3.06. The zero-order valence-corrected chi connectivity index (χ0v) is 26.6. The van der Waals surface area contributed by atoms with Gasteiger partial charge in [0, 0.05) is 0 Å². The van der Waals surface area contributed by atoms with Crippen LogP contribution in [0.5, 0.6) is 0 Å². The quantitative estimate of drug-likeness (QED) is 0.295. The summed E-state index contributed by atoms with van der Waals surface area (Å²) in [6, 6.07) is 0. The van der Waals surface area contributed by atoms with Crippen molar-refractivity contribution in [2.24, 2.45) is 0 Å². The van der Waals surface area contributed by atoms with Gasteiger partial charge in [-0.3, -0.25) is 0 Å². The first kappa shape index (κ1) is 53.7. The van der Waals surface area contributed by atoms with E-state index in [0.29, 0.717) is 0 Å². The van der Waals surface area contributed by atoms with Gasteiger partial charge in [0.25, 0.3) is 0 Å². The van der Waals surface area contributed by atoms with E-state index in [9.17, 15) is 0 Å². The minimum atomic E-state index is -6.17. The van der Waals surface area contributed by atoms with E-state index >= 15 is 0 Å². The van der Waals surface area contributed by atoms with Crippen molar-refractivity contribution in [3.63, 3.8) is 0 Å². The summed E-state index contributed by atoms with van der Waals surface area (Å²) in [6.07, 6.45) is 0. The number of nitrogens with zero attached hydrogens (tertiary/aromatic N) is 18. The monoisotopic (exact) mass is 881 g/mol. The SMILES string of the molecule is N#[C][Fe-3]([C]#N)([C]#N)([C]#N)([C]#N)[C]#N.N#[C][Fe-3]([C]#N)([C]#N)([C]#N)([C]#N)[C]#N.N#[C][Fe-3]([C]#N)([C]#N)([C]#N)([C]#N)[C]#N.[Cu+2].[Cu+2].[Cu+2].[Fe+3]. The van der Waals surface area contributed by atoms with Gasteiger partial charge in [-0.2, -0.15) is 0 Å². The summed E-state index contributed by atoms with van der Waals surface area (Å²) >= 11 is 0. The second-order valence-electron chi connectivity index (χ2n) is 5.40. The predicted octanol–water partition coefficient (Wildman–Crippen LogP) is 0.285. The van der Waals surface area contributed by atoms with E-state index in [4.69, 9.17) is 94.7 Å². The van der Waals surface area contributed by atoms with Crippen molar-refractivity contribution < 1.29 is 100 Å². The summed E-state index contributed by atoms with van der Waals surface area (Å²) in [6.45, 7) is 0. The summed E-state index contributed by atoms with van der Waals surface area (Å²) in [5, 5.41) is 154. The summed E-state index contributed by atoms with van der Waals surface area (Å²) in [5.74, 6) is 0. The Labute approximate surface area is 281 Å². The molecule has 227 valence electrons. The van der Waals surface area contributed by atoms with Gasteiger partial charge in [-0.15, -0.1) is 0 Å². The molecule has 0 fully saturated rings. The van der Waals surface area contributed by atoms with Gasteiger partial charge in [-0.25, -0.2) is 0 Å². The van der Waals surface area contributed by atoms with Crippen molar-refractivity contribution >= 4 is 0 Å². The van der Waals surface area contributed by atoms with Gasteiger partial charge >= 0.3 is 285 Å². The third kappa shape index (κ3) is 6.07. The molecule has 0 aliphatic rings. The first-order valence-corrected chi connectivity index (χ1v) is 17.1. The van der Waals surface area contributed by atoms with Crippen LogP contribution < -0.4 is 0 Å². The van der Waals surface area contributed by atoms with Crippen molar-refractivity contribution in [3.8, 4) is 89.4 Å². The smallest absolute Gasteiger partial charge is 2.00 e. The van der Waals surface area contributed by atoms with Crippen LogP contribution in [0, 0.1) is 184 Å². The first-order chi connectivity index (χ1) is 17.9. The van der Waals surface area contributed by atoms with E-state index in [2.05, 4.69) is 0 Å². The Balaban J connectivity index is -0.0000000864. The Hall–Kier alpha value is -5.54. The second-order valence-corrected chi connectivity index (χ2v) is 22.3. The van der Waals surface area contributed by atoms with Crippen molar-refractivity contribution in [1.29, 1.82) is 94.7 Å². The molecular weight excluding hydrogens is 882 g/mol. The fourth-order valence-corrected chi connectivity index (χ4v) is 3.28. The minimum absolute atomic E-state index is 0. The molecule has 0 aliphatic heterocycles. The fourth-order valence-electron chi connectivity index (χ4n) is 0.795. The number of nitriles is 18. The van der Waals surface area contributed by atoms with Gasteiger partial charge in [0.05, 0.1) is 0 Å². The molecule has 0 aromatic carbocycles. The minimum Gasteiger partial charge on any atom is 2.00 e. The van der Waals surface area contributed by atoms with Gasteiger partial charge in [-0.1, -0.05) is 0 Å². The van der Waals surface area contributed by atoms with Crippen LogP contribution in [-0.4, -0.2) is 0 Å². The van der Waals surface area contributed by atoms with Crippen molar-refractivity contribution in [2.75, 3.05) is 0 Å². The van der Waals surface area contributed by atoms with E-state index in [1.165, 1.54) is 0 Å². The number of rotatable bonds is 0. The molecule has 0 spiro atoms. The molecule has 0 saturated carbocycles. The van der Waals surface area contributed by atoms with E-state index in [-0.39, 0.29) is 68.3 Å². The molecule has 0 amide bonds. The Bertz CT molecular complexity index is 1420. The Morgan fingerprint density at radius 1 is 0.186 bits per heavy atom. The summed E-state index contributed by atoms with van der Waals surface area (Å²) in [4.78, 5) is 18.6. The standard InChI is InChI=1S/18CN.3Cu.4Fe/c18*1-2;;;;;;;/q;;;;;;;;;;;;;;;;;;3*+2;3*-3;+3. The topological polar surface area (TPSA) is 428 Å². The van der Waals surface area contributed by atoms with Crippen LogP contribution in [0.4, 0.5) is 0 Å². The molecule has 0 unspecified atom stereocenters. The predicted molar refractivity (Wildman–Crippen MR) is 101 cm³/mol. The molecule has 0 rings (SSSR count). The van der Waals surface area contributed by atoms with Gasteiger partial charge in [0.2, 0.25) is 0 Å². The normalized spacial score (nSPS) is 12.1. The average molecular weight is 882 g/mol. The molecule has 4 radical (unpaired) electrons. The molecule has 0 aromatic heterocycles. The Morgan fingerprint density at radius 3 is 0.233 bits per heavy atom. The third-order valence-corrected chi connectivity index (χ3v) is 14.7. The Morgan fingerprint density at radius 2 is 0.233 bits per heavy atom. The first-order valence-electron chi connectivity index (χ1n) is 7.21. The van der Waals surface area contributed by atoms with Crippen LogP contribution in [0.3, 0.4) is 0 Å². The van der Waals surface area contributed by atoms with Crippen LogP contribution >= 0.6 is 0 Å². The molecule has 0 atom stereocenters. The maximum atomic E-state index is 8.58. The summed E-state index contributed by atoms with van der Waals surface area (Å²) in [7, 11) is -18.5. The molecule has 0 bridgehead atoms. The van der Waals surface area contributed by atoms with Crippen molar-refractivity contribution in [1.82, 2.24) is 0 Å². The molecule has 0 aromatic rings. The molecule has 0 N–H and O–H groups in total. The van der Waals surface area contributed by atoms with Crippen LogP contribution in [-0.2, 0) is 100 Å². The zero-order valence-electron chi connectivity index (χ0n) is 19.4.